The highest BCUT2D eigenvalue weighted by Crippen LogP contribution is 2.31. The molecule has 3 rings (SSSR count). The second kappa shape index (κ2) is 3.43. The van der Waals surface area contributed by atoms with E-state index in [0.717, 1.165) is 5.92 Å². The van der Waals surface area contributed by atoms with Gasteiger partial charge in [0.15, 0.2) is 0 Å². The van der Waals surface area contributed by atoms with E-state index in [-0.39, 0.29) is 0 Å². The molecule has 0 bridgehead atoms. The number of nitrogens with one attached hydrogen (secondary N) is 2. The number of aromatic amines is 1. The summed E-state index contributed by atoms with van der Waals surface area (Å²) in [5.74, 6) is 0.785. The number of hydrogen-bond acceptors (Lipinski definition) is 1. The number of aryl methyl sites for hydroxylation is 1. The molecule has 2 heteroatoms. The third-order valence-electron chi connectivity index (χ3n) is 3.72. The van der Waals surface area contributed by atoms with E-state index in [2.05, 4.69) is 16.5 Å². The maximum absolute atomic E-state index is 3.48. The molecule has 0 aromatic carbocycles. The molecule has 14 heavy (non-hydrogen) atoms. The van der Waals surface area contributed by atoms with Gasteiger partial charge in [-0.1, -0.05) is 0 Å². The Morgan fingerprint density at radius 3 is 3.00 bits per heavy atom. The Kier molecular flexibility index (Phi) is 2.09. The van der Waals surface area contributed by atoms with Gasteiger partial charge in [-0.3, -0.25) is 0 Å². The van der Waals surface area contributed by atoms with Crippen LogP contribution in [0.15, 0.2) is 6.20 Å². The van der Waals surface area contributed by atoms with E-state index in [1.54, 1.807) is 11.1 Å². The van der Waals surface area contributed by atoms with E-state index in [1.165, 1.54) is 50.9 Å². The Morgan fingerprint density at radius 1 is 1.21 bits per heavy atom. The van der Waals surface area contributed by atoms with Gasteiger partial charge in [-0.15, -0.1) is 0 Å². The Bertz CT molecular complexity index is 321. The third-order valence-corrected chi connectivity index (χ3v) is 3.72. The van der Waals surface area contributed by atoms with Crippen molar-refractivity contribution in [1.82, 2.24) is 10.3 Å². The molecule has 0 radical (unpaired) electrons. The van der Waals surface area contributed by atoms with Crippen molar-refractivity contribution in [2.45, 2.75) is 38.0 Å². The minimum Gasteiger partial charge on any atom is -0.364 e. The number of rotatable bonds is 1. The first-order chi connectivity index (χ1) is 6.95. The molecule has 2 nitrogen and oxygen atoms in total. The van der Waals surface area contributed by atoms with Crippen molar-refractivity contribution in [3.63, 3.8) is 0 Å². The molecule has 0 spiro atoms. The van der Waals surface area contributed by atoms with Crippen molar-refractivity contribution in [3.05, 3.63) is 23.0 Å². The second-order valence-electron chi connectivity index (χ2n) is 4.60. The average molecular weight is 190 g/mol. The maximum Gasteiger partial charge on any atom is 0.0182 e. The molecule has 1 aliphatic carbocycles. The summed E-state index contributed by atoms with van der Waals surface area (Å²) in [5.41, 5.74) is 4.80. The lowest BCUT2D eigenvalue weighted by Gasteiger charge is -2.15. The second-order valence-corrected chi connectivity index (χ2v) is 4.60. The van der Waals surface area contributed by atoms with E-state index in [9.17, 15) is 0 Å². The van der Waals surface area contributed by atoms with Crippen molar-refractivity contribution >= 4 is 0 Å². The number of aromatic nitrogens is 1. The maximum atomic E-state index is 3.48. The van der Waals surface area contributed by atoms with E-state index < -0.39 is 0 Å². The fourth-order valence-electron chi connectivity index (χ4n) is 2.92. The summed E-state index contributed by atoms with van der Waals surface area (Å²) in [6, 6.07) is 0. The zero-order chi connectivity index (χ0) is 9.38. The highest BCUT2D eigenvalue weighted by Gasteiger charge is 2.23. The van der Waals surface area contributed by atoms with Gasteiger partial charge in [0, 0.05) is 18.4 Å². The van der Waals surface area contributed by atoms with Crippen LogP contribution >= 0.6 is 0 Å². The summed E-state index contributed by atoms with van der Waals surface area (Å²) in [4.78, 5) is 3.48. The van der Waals surface area contributed by atoms with Crippen LogP contribution in [0.25, 0.3) is 0 Å². The van der Waals surface area contributed by atoms with Crippen LogP contribution in [0.3, 0.4) is 0 Å². The van der Waals surface area contributed by atoms with Crippen molar-refractivity contribution in [1.29, 1.82) is 0 Å². The normalized spacial score (nSPS) is 26.4. The van der Waals surface area contributed by atoms with Gasteiger partial charge in [0.05, 0.1) is 0 Å². The van der Waals surface area contributed by atoms with Gasteiger partial charge in [-0.2, -0.15) is 0 Å². The van der Waals surface area contributed by atoms with Crippen molar-refractivity contribution in [3.8, 4) is 0 Å². The van der Waals surface area contributed by atoms with E-state index in [4.69, 9.17) is 0 Å². The molecule has 1 aliphatic heterocycles. The number of hydrogen-bond donors (Lipinski definition) is 2. The summed E-state index contributed by atoms with van der Waals surface area (Å²) >= 11 is 0. The van der Waals surface area contributed by atoms with Crippen LogP contribution in [0, 0.1) is 0 Å². The minimum atomic E-state index is 0.785. The highest BCUT2D eigenvalue weighted by atomic mass is 14.9. The lowest BCUT2D eigenvalue weighted by atomic mass is 9.89. The topological polar surface area (TPSA) is 27.8 Å². The molecule has 1 atom stereocenters. The SMILES string of the molecule is c1[nH]c2c(c1C1CCNC1)CCCC2. The zero-order valence-corrected chi connectivity index (χ0v) is 8.60. The van der Waals surface area contributed by atoms with E-state index >= 15 is 0 Å². The van der Waals surface area contributed by atoms with Crippen LogP contribution in [-0.4, -0.2) is 18.1 Å². The lowest BCUT2D eigenvalue weighted by molar-refractivity contribution is 0.662. The molecular weight excluding hydrogens is 172 g/mol. The summed E-state index contributed by atoms with van der Waals surface area (Å²) in [5, 5.41) is 3.45. The van der Waals surface area contributed by atoms with Crippen molar-refractivity contribution in [2.24, 2.45) is 0 Å². The van der Waals surface area contributed by atoms with Crippen molar-refractivity contribution < 1.29 is 0 Å². The van der Waals surface area contributed by atoms with Crippen LogP contribution in [0.5, 0.6) is 0 Å². The van der Waals surface area contributed by atoms with Gasteiger partial charge < -0.3 is 10.3 Å². The van der Waals surface area contributed by atoms with Crippen LogP contribution in [0.1, 0.15) is 42.0 Å². The summed E-state index contributed by atoms with van der Waals surface area (Å²) in [7, 11) is 0. The van der Waals surface area contributed by atoms with Crippen LogP contribution < -0.4 is 5.32 Å². The van der Waals surface area contributed by atoms with Gasteiger partial charge in [0.2, 0.25) is 0 Å². The summed E-state index contributed by atoms with van der Waals surface area (Å²) < 4.78 is 0. The molecule has 2 aliphatic rings. The molecular formula is C12H18N2. The van der Waals surface area contributed by atoms with Crippen LogP contribution in [0.4, 0.5) is 0 Å². The molecule has 1 aromatic rings. The van der Waals surface area contributed by atoms with Gasteiger partial charge >= 0.3 is 0 Å². The predicted octanol–water partition coefficient (Wildman–Crippen LogP) is 1.97. The summed E-state index contributed by atoms with van der Waals surface area (Å²) in [6.45, 7) is 2.38. The molecule has 76 valence electrons. The standard InChI is InChI=1S/C12H18N2/c1-2-4-12-10(3-1)11(8-14-12)9-5-6-13-7-9/h8-9,13-14H,1-7H2. The first kappa shape index (κ1) is 8.54. The molecule has 1 aromatic heterocycles. The fourth-order valence-corrected chi connectivity index (χ4v) is 2.92. The number of fused-ring (bicyclic) bond motifs is 1. The van der Waals surface area contributed by atoms with Gasteiger partial charge in [0.1, 0.15) is 0 Å². The quantitative estimate of drug-likeness (QED) is 0.696. The molecule has 1 unspecified atom stereocenters. The van der Waals surface area contributed by atoms with Crippen molar-refractivity contribution in [2.75, 3.05) is 13.1 Å². The Morgan fingerprint density at radius 2 is 2.14 bits per heavy atom. The number of H-pyrrole nitrogens is 1. The molecule has 1 saturated heterocycles. The Balaban J connectivity index is 1.93. The highest BCUT2D eigenvalue weighted by molar-refractivity contribution is 5.36. The van der Waals surface area contributed by atoms with Gasteiger partial charge in [0.25, 0.3) is 0 Å². The molecule has 2 heterocycles. The zero-order valence-electron chi connectivity index (χ0n) is 8.60. The first-order valence-corrected chi connectivity index (χ1v) is 5.85. The fraction of sp³-hybridized carbons (Fsp3) is 0.667. The summed E-state index contributed by atoms with van der Waals surface area (Å²) in [6.07, 6.45) is 8.94. The lowest BCUT2D eigenvalue weighted by Crippen LogP contribution is -2.09. The van der Waals surface area contributed by atoms with Gasteiger partial charge in [-0.25, -0.2) is 0 Å². The van der Waals surface area contributed by atoms with E-state index in [1.807, 2.05) is 0 Å². The minimum absolute atomic E-state index is 0.785. The predicted molar refractivity (Wildman–Crippen MR) is 57.7 cm³/mol. The van der Waals surface area contributed by atoms with Crippen LogP contribution in [-0.2, 0) is 12.8 Å². The largest absolute Gasteiger partial charge is 0.364 e. The molecule has 0 amide bonds. The Labute approximate surface area is 85.1 Å². The molecule has 0 saturated carbocycles. The van der Waals surface area contributed by atoms with Gasteiger partial charge in [-0.05, 0) is 55.7 Å². The third kappa shape index (κ3) is 1.29. The monoisotopic (exact) mass is 190 g/mol. The average Bonchev–Trinajstić information content (AvgIpc) is 2.85. The Hall–Kier alpha value is -0.760. The first-order valence-electron chi connectivity index (χ1n) is 5.85. The molecule has 2 N–H and O–H groups in total. The van der Waals surface area contributed by atoms with E-state index in [0.29, 0.717) is 0 Å². The van der Waals surface area contributed by atoms with Crippen LogP contribution in [0.2, 0.25) is 0 Å². The smallest absolute Gasteiger partial charge is 0.0182 e. The molecule has 1 fully saturated rings.